The van der Waals surface area contributed by atoms with E-state index in [0.717, 1.165) is 30.6 Å². The van der Waals surface area contributed by atoms with E-state index in [0.29, 0.717) is 6.54 Å². The van der Waals surface area contributed by atoms with Crippen molar-refractivity contribution in [1.29, 1.82) is 0 Å². The van der Waals surface area contributed by atoms with Crippen LogP contribution < -0.4 is 5.32 Å². The second-order valence-electron chi connectivity index (χ2n) is 7.66. The van der Waals surface area contributed by atoms with Crippen LogP contribution in [0.4, 0.5) is 10.1 Å². The number of amides is 2. The average Bonchev–Trinajstić information content (AvgIpc) is 2.74. The highest BCUT2D eigenvalue weighted by Crippen LogP contribution is 2.22. The summed E-state index contributed by atoms with van der Waals surface area (Å²) in [5.41, 5.74) is 1.68. The highest BCUT2D eigenvalue weighted by Gasteiger charge is 2.28. The van der Waals surface area contributed by atoms with Crippen molar-refractivity contribution >= 4 is 17.5 Å². The first-order valence-corrected chi connectivity index (χ1v) is 10.0. The van der Waals surface area contributed by atoms with E-state index >= 15 is 0 Å². The summed E-state index contributed by atoms with van der Waals surface area (Å²) >= 11 is 0. The molecule has 0 radical (unpaired) electrons. The van der Waals surface area contributed by atoms with E-state index in [9.17, 15) is 14.0 Å². The number of likely N-dealkylation sites (N-methyl/N-ethyl adjacent to an activating group) is 1. The summed E-state index contributed by atoms with van der Waals surface area (Å²) in [6, 6.07) is 15.5. The Morgan fingerprint density at radius 2 is 1.86 bits per heavy atom. The fraction of sp³-hybridized carbons (Fsp3) is 0.391. The first kappa shape index (κ1) is 21.0. The van der Waals surface area contributed by atoms with Crippen LogP contribution in [-0.2, 0) is 9.59 Å². The molecule has 2 unspecified atom stereocenters. The first-order chi connectivity index (χ1) is 13.9. The molecule has 0 aliphatic carbocycles. The fourth-order valence-corrected chi connectivity index (χ4v) is 3.66. The van der Waals surface area contributed by atoms with Gasteiger partial charge in [-0.05, 0) is 56.1 Å². The minimum atomic E-state index is -0.289. The molecule has 0 aromatic heterocycles. The van der Waals surface area contributed by atoms with Crippen LogP contribution in [0.15, 0.2) is 54.6 Å². The maximum Gasteiger partial charge on any atom is 0.236 e. The highest BCUT2D eigenvalue weighted by molar-refractivity contribution is 5.92. The van der Waals surface area contributed by atoms with Crippen LogP contribution in [0.25, 0.3) is 0 Å². The van der Waals surface area contributed by atoms with Gasteiger partial charge >= 0.3 is 0 Å². The lowest BCUT2D eigenvalue weighted by molar-refractivity contribution is -0.134. The Morgan fingerprint density at radius 1 is 1.17 bits per heavy atom. The summed E-state index contributed by atoms with van der Waals surface area (Å²) in [4.78, 5) is 29.1. The lowest BCUT2D eigenvalue weighted by Crippen LogP contribution is -2.46. The molecule has 2 atom stereocenters. The molecular weight excluding hydrogens is 369 g/mol. The summed E-state index contributed by atoms with van der Waals surface area (Å²) < 4.78 is 13.1. The maximum absolute atomic E-state index is 13.1. The smallest absolute Gasteiger partial charge is 0.236 e. The lowest BCUT2D eigenvalue weighted by Gasteiger charge is -2.33. The van der Waals surface area contributed by atoms with Crippen molar-refractivity contribution in [3.63, 3.8) is 0 Å². The average molecular weight is 397 g/mol. The van der Waals surface area contributed by atoms with Crippen LogP contribution in [0.5, 0.6) is 0 Å². The molecule has 2 amide bonds. The van der Waals surface area contributed by atoms with Crippen molar-refractivity contribution in [1.82, 2.24) is 9.80 Å². The van der Waals surface area contributed by atoms with Crippen molar-refractivity contribution in [2.45, 2.75) is 25.8 Å². The van der Waals surface area contributed by atoms with Gasteiger partial charge in [0.2, 0.25) is 11.8 Å². The molecule has 154 valence electrons. The maximum atomic E-state index is 13.1. The number of likely N-dealkylation sites (tertiary alicyclic amines) is 1. The van der Waals surface area contributed by atoms with E-state index in [1.165, 1.54) is 12.1 Å². The predicted molar refractivity (Wildman–Crippen MR) is 112 cm³/mol. The van der Waals surface area contributed by atoms with Crippen molar-refractivity contribution < 1.29 is 14.0 Å². The Kier molecular flexibility index (Phi) is 6.99. The number of anilines is 1. The molecule has 1 fully saturated rings. The molecule has 1 N–H and O–H groups in total. The van der Waals surface area contributed by atoms with Gasteiger partial charge in [0.1, 0.15) is 5.82 Å². The van der Waals surface area contributed by atoms with Gasteiger partial charge in [-0.25, -0.2) is 4.39 Å². The minimum absolute atomic E-state index is 0.00128. The van der Waals surface area contributed by atoms with E-state index in [4.69, 9.17) is 0 Å². The zero-order valence-electron chi connectivity index (χ0n) is 17.0. The van der Waals surface area contributed by atoms with E-state index < -0.39 is 0 Å². The van der Waals surface area contributed by atoms with Crippen LogP contribution >= 0.6 is 0 Å². The fourth-order valence-electron chi connectivity index (χ4n) is 3.66. The van der Waals surface area contributed by atoms with Gasteiger partial charge in [0, 0.05) is 19.3 Å². The number of carbonyl (C=O) groups is 2. The summed E-state index contributed by atoms with van der Waals surface area (Å²) in [5.74, 6) is -0.424. The van der Waals surface area contributed by atoms with E-state index in [1.807, 2.05) is 37.3 Å². The zero-order chi connectivity index (χ0) is 20.8. The van der Waals surface area contributed by atoms with Gasteiger partial charge < -0.3 is 10.2 Å². The van der Waals surface area contributed by atoms with Crippen LogP contribution in [0, 0.1) is 11.7 Å². The van der Waals surface area contributed by atoms with Gasteiger partial charge in [-0.2, -0.15) is 0 Å². The molecular formula is C23H28FN3O2. The number of nitrogens with zero attached hydrogens (tertiary/aromatic N) is 2. The molecule has 29 heavy (non-hydrogen) atoms. The summed E-state index contributed by atoms with van der Waals surface area (Å²) in [6.45, 7) is 3.58. The number of hydrogen-bond acceptors (Lipinski definition) is 3. The number of carbonyl (C=O) groups excluding carboxylic acids is 2. The number of para-hydroxylation sites is 1. The molecule has 6 heteroatoms. The quantitative estimate of drug-likeness (QED) is 0.809. The molecule has 5 nitrogen and oxygen atoms in total. The molecule has 0 saturated carbocycles. The Balaban J connectivity index is 1.54. The van der Waals surface area contributed by atoms with Crippen molar-refractivity contribution in [3.8, 4) is 0 Å². The van der Waals surface area contributed by atoms with E-state index in [1.54, 1.807) is 24.1 Å². The molecule has 1 aliphatic heterocycles. The molecule has 1 saturated heterocycles. The Bertz CT molecular complexity index is 826. The standard InChI is InChI=1S/C23H28FN3O2/c1-17(18-10-12-20(24)13-11-18)26(2)22(28)16-27-14-6-7-19(15-27)23(29)25-21-8-4-3-5-9-21/h3-5,8-13,17,19H,6-7,14-16H2,1-2H3,(H,25,29). The Hall–Kier alpha value is -2.73. The van der Waals surface area contributed by atoms with Gasteiger partial charge in [0.25, 0.3) is 0 Å². The topological polar surface area (TPSA) is 52.7 Å². The molecule has 2 aromatic rings. The van der Waals surface area contributed by atoms with Crippen LogP contribution in [-0.4, -0.2) is 48.3 Å². The number of hydrogen-bond donors (Lipinski definition) is 1. The normalized spacial score (nSPS) is 18.1. The van der Waals surface area contributed by atoms with Gasteiger partial charge in [-0.3, -0.25) is 14.5 Å². The van der Waals surface area contributed by atoms with Gasteiger partial charge in [0.05, 0.1) is 18.5 Å². The minimum Gasteiger partial charge on any atom is -0.338 e. The highest BCUT2D eigenvalue weighted by atomic mass is 19.1. The first-order valence-electron chi connectivity index (χ1n) is 10.0. The molecule has 1 heterocycles. The summed E-state index contributed by atoms with van der Waals surface area (Å²) in [5, 5.41) is 2.96. The lowest BCUT2D eigenvalue weighted by atomic mass is 9.97. The molecule has 3 rings (SSSR count). The zero-order valence-corrected chi connectivity index (χ0v) is 17.0. The monoisotopic (exact) mass is 397 g/mol. The largest absolute Gasteiger partial charge is 0.338 e. The molecule has 0 bridgehead atoms. The van der Waals surface area contributed by atoms with Crippen molar-refractivity contribution in [2.75, 3.05) is 32.0 Å². The van der Waals surface area contributed by atoms with Crippen molar-refractivity contribution in [3.05, 3.63) is 66.0 Å². The number of piperidine rings is 1. The number of nitrogens with one attached hydrogen (secondary N) is 1. The third kappa shape index (κ3) is 5.64. The number of rotatable bonds is 6. The van der Waals surface area contributed by atoms with Gasteiger partial charge in [-0.1, -0.05) is 30.3 Å². The van der Waals surface area contributed by atoms with Crippen LogP contribution in [0.2, 0.25) is 0 Å². The van der Waals surface area contributed by atoms with Crippen molar-refractivity contribution in [2.24, 2.45) is 5.92 Å². The van der Waals surface area contributed by atoms with Gasteiger partial charge in [0.15, 0.2) is 0 Å². The van der Waals surface area contributed by atoms with Crippen LogP contribution in [0.1, 0.15) is 31.4 Å². The Labute approximate surface area is 171 Å². The summed E-state index contributed by atoms with van der Waals surface area (Å²) in [6.07, 6.45) is 1.71. The third-order valence-corrected chi connectivity index (χ3v) is 5.60. The SMILES string of the molecule is CC(c1ccc(F)cc1)N(C)C(=O)CN1CCCC(C(=O)Nc2ccccc2)C1. The molecule has 1 aliphatic rings. The number of halogens is 1. The number of benzene rings is 2. The van der Waals surface area contributed by atoms with Crippen LogP contribution in [0.3, 0.4) is 0 Å². The summed E-state index contributed by atoms with van der Waals surface area (Å²) in [7, 11) is 1.76. The predicted octanol–water partition coefficient (Wildman–Crippen LogP) is 3.70. The second-order valence-corrected chi connectivity index (χ2v) is 7.66. The molecule has 0 spiro atoms. The molecule has 2 aromatic carbocycles. The second kappa shape index (κ2) is 9.65. The van der Waals surface area contributed by atoms with E-state index in [2.05, 4.69) is 10.2 Å². The van der Waals surface area contributed by atoms with Gasteiger partial charge in [-0.15, -0.1) is 0 Å². The third-order valence-electron chi connectivity index (χ3n) is 5.60. The Morgan fingerprint density at radius 3 is 2.55 bits per heavy atom. The van der Waals surface area contributed by atoms with E-state index in [-0.39, 0.29) is 36.1 Å².